The van der Waals surface area contributed by atoms with Gasteiger partial charge in [-0.05, 0) is 36.2 Å². The molecule has 0 spiro atoms. The van der Waals surface area contributed by atoms with Crippen LogP contribution in [0.3, 0.4) is 0 Å². The number of hydrogen-bond donors (Lipinski definition) is 2. The number of benzene rings is 2. The van der Waals surface area contributed by atoms with Crippen molar-refractivity contribution in [2.45, 2.75) is 13.3 Å². The zero-order valence-corrected chi connectivity index (χ0v) is 10.6. The number of amides is 1. The lowest BCUT2D eigenvalue weighted by Gasteiger charge is -2.10. The van der Waals surface area contributed by atoms with Crippen molar-refractivity contribution >= 4 is 17.3 Å². The highest BCUT2D eigenvalue weighted by atomic mass is 19.1. The standard InChI is InChI=1S/C15H15FN2O/c1-10-13(17)7-4-8-14(10)18-15(19)9-11-5-2-3-6-12(11)16/h2-8H,9,17H2,1H3,(H,18,19). The number of nitrogens with two attached hydrogens (primary N) is 1. The molecule has 3 nitrogen and oxygen atoms in total. The van der Waals surface area contributed by atoms with E-state index in [1.165, 1.54) is 6.07 Å². The Bertz CT molecular complexity index is 611. The van der Waals surface area contributed by atoms with Gasteiger partial charge >= 0.3 is 0 Å². The van der Waals surface area contributed by atoms with Crippen LogP contribution in [0.15, 0.2) is 42.5 Å². The second-order valence-electron chi connectivity index (χ2n) is 4.34. The van der Waals surface area contributed by atoms with Gasteiger partial charge in [0.2, 0.25) is 5.91 Å². The number of carbonyl (C=O) groups is 1. The van der Waals surface area contributed by atoms with Gasteiger partial charge in [0.25, 0.3) is 0 Å². The molecule has 0 aliphatic heterocycles. The van der Waals surface area contributed by atoms with Crippen LogP contribution < -0.4 is 11.1 Å². The second kappa shape index (κ2) is 5.52. The average molecular weight is 258 g/mol. The normalized spacial score (nSPS) is 10.2. The van der Waals surface area contributed by atoms with Crippen LogP contribution in [-0.4, -0.2) is 5.91 Å². The molecule has 0 atom stereocenters. The molecule has 2 rings (SSSR count). The van der Waals surface area contributed by atoms with Crippen LogP contribution in [0.5, 0.6) is 0 Å². The van der Waals surface area contributed by atoms with Crippen molar-refractivity contribution in [3.05, 3.63) is 59.4 Å². The van der Waals surface area contributed by atoms with Gasteiger partial charge in [-0.2, -0.15) is 0 Å². The Balaban J connectivity index is 2.10. The van der Waals surface area contributed by atoms with E-state index in [9.17, 15) is 9.18 Å². The summed E-state index contributed by atoms with van der Waals surface area (Å²) in [7, 11) is 0. The topological polar surface area (TPSA) is 55.1 Å². The highest BCUT2D eigenvalue weighted by Crippen LogP contribution is 2.20. The van der Waals surface area contributed by atoms with E-state index >= 15 is 0 Å². The first-order chi connectivity index (χ1) is 9.08. The van der Waals surface area contributed by atoms with Gasteiger partial charge in [-0.15, -0.1) is 0 Å². The molecule has 4 heteroatoms. The summed E-state index contributed by atoms with van der Waals surface area (Å²) in [4.78, 5) is 11.9. The molecule has 0 saturated heterocycles. The molecule has 1 amide bonds. The molecule has 0 heterocycles. The maximum absolute atomic E-state index is 13.4. The third-order valence-electron chi connectivity index (χ3n) is 2.96. The predicted molar refractivity (Wildman–Crippen MR) is 74.3 cm³/mol. The molecule has 3 N–H and O–H groups in total. The Morgan fingerprint density at radius 3 is 2.68 bits per heavy atom. The maximum atomic E-state index is 13.4. The lowest BCUT2D eigenvalue weighted by atomic mass is 10.1. The highest BCUT2D eigenvalue weighted by molar-refractivity contribution is 5.93. The molecular formula is C15H15FN2O. The summed E-state index contributed by atoms with van der Waals surface area (Å²) in [5, 5.41) is 2.74. The quantitative estimate of drug-likeness (QED) is 0.832. The fraction of sp³-hybridized carbons (Fsp3) is 0.133. The summed E-state index contributed by atoms with van der Waals surface area (Å²) < 4.78 is 13.4. The van der Waals surface area contributed by atoms with Crippen molar-refractivity contribution in [2.24, 2.45) is 0 Å². The third-order valence-corrected chi connectivity index (χ3v) is 2.96. The van der Waals surface area contributed by atoms with Gasteiger partial charge in [-0.3, -0.25) is 4.79 Å². The minimum atomic E-state index is -0.373. The fourth-order valence-corrected chi connectivity index (χ4v) is 1.80. The summed E-state index contributed by atoms with van der Waals surface area (Å²) in [6.07, 6.45) is 0.000905. The van der Waals surface area contributed by atoms with Crippen LogP contribution in [0, 0.1) is 12.7 Å². The first kappa shape index (κ1) is 13.1. The average Bonchev–Trinajstić information content (AvgIpc) is 2.38. The van der Waals surface area contributed by atoms with E-state index in [0.717, 1.165) is 5.56 Å². The zero-order valence-electron chi connectivity index (χ0n) is 10.6. The summed E-state index contributed by atoms with van der Waals surface area (Å²) >= 11 is 0. The molecule has 0 aliphatic rings. The third kappa shape index (κ3) is 3.10. The summed E-state index contributed by atoms with van der Waals surface area (Å²) in [5.41, 5.74) is 8.22. The Hall–Kier alpha value is -2.36. The van der Waals surface area contributed by atoms with Crippen LogP contribution >= 0.6 is 0 Å². The van der Waals surface area contributed by atoms with Gasteiger partial charge in [-0.25, -0.2) is 4.39 Å². The van der Waals surface area contributed by atoms with Crippen molar-refractivity contribution in [1.82, 2.24) is 0 Å². The smallest absolute Gasteiger partial charge is 0.228 e. The van der Waals surface area contributed by atoms with Crippen molar-refractivity contribution in [2.75, 3.05) is 11.1 Å². The number of rotatable bonds is 3. The molecular weight excluding hydrogens is 243 g/mol. The molecule has 0 saturated carbocycles. The molecule has 0 unspecified atom stereocenters. The second-order valence-corrected chi connectivity index (χ2v) is 4.34. The predicted octanol–water partition coefficient (Wildman–Crippen LogP) is 2.90. The Morgan fingerprint density at radius 1 is 1.21 bits per heavy atom. The SMILES string of the molecule is Cc1c(N)cccc1NC(=O)Cc1ccccc1F. The number of halogens is 1. The van der Waals surface area contributed by atoms with Crippen molar-refractivity contribution < 1.29 is 9.18 Å². The van der Waals surface area contributed by atoms with E-state index in [2.05, 4.69) is 5.32 Å². The first-order valence-electron chi connectivity index (χ1n) is 5.96. The van der Waals surface area contributed by atoms with Gasteiger partial charge in [0, 0.05) is 11.4 Å². The van der Waals surface area contributed by atoms with Crippen LogP contribution in [0.25, 0.3) is 0 Å². The van der Waals surface area contributed by atoms with Gasteiger partial charge in [-0.1, -0.05) is 24.3 Å². The summed E-state index contributed by atoms with van der Waals surface area (Å²) in [6.45, 7) is 1.83. The van der Waals surface area contributed by atoms with Crippen molar-refractivity contribution in [1.29, 1.82) is 0 Å². The molecule has 2 aromatic carbocycles. The van der Waals surface area contributed by atoms with Crippen LogP contribution in [0.1, 0.15) is 11.1 Å². The van der Waals surface area contributed by atoms with Crippen LogP contribution in [0.2, 0.25) is 0 Å². The molecule has 0 radical (unpaired) electrons. The van der Waals surface area contributed by atoms with Gasteiger partial charge in [0.05, 0.1) is 6.42 Å². The molecule has 98 valence electrons. The molecule has 19 heavy (non-hydrogen) atoms. The largest absolute Gasteiger partial charge is 0.398 e. The minimum Gasteiger partial charge on any atom is -0.398 e. The molecule has 0 aromatic heterocycles. The maximum Gasteiger partial charge on any atom is 0.228 e. The number of nitrogen functional groups attached to an aromatic ring is 1. The van der Waals surface area contributed by atoms with Gasteiger partial charge in [0.15, 0.2) is 0 Å². The molecule has 0 fully saturated rings. The van der Waals surface area contributed by atoms with E-state index in [4.69, 9.17) is 5.73 Å². The molecule has 0 aliphatic carbocycles. The number of hydrogen-bond acceptors (Lipinski definition) is 2. The number of carbonyl (C=O) groups excluding carboxylic acids is 1. The number of nitrogens with one attached hydrogen (secondary N) is 1. The van der Waals surface area contributed by atoms with E-state index < -0.39 is 0 Å². The lowest BCUT2D eigenvalue weighted by molar-refractivity contribution is -0.115. The van der Waals surface area contributed by atoms with Crippen LogP contribution in [-0.2, 0) is 11.2 Å². The number of anilines is 2. The summed E-state index contributed by atoms with van der Waals surface area (Å²) in [5.74, 6) is -0.638. The monoisotopic (exact) mass is 258 g/mol. The van der Waals surface area contributed by atoms with Gasteiger partial charge in [0.1, 0.15) is 5.82 Å². The Labute approximate surface area is 111 Å². The zero-order chi connectivity index (χ0) is 13.8. The van der Waals surface area contributed by atoms with E-state index in [-0.39, 0.29) is 18.1 Å². The summed E-state index contributed by atoms with van der Waals surface area (Å²) in [6, 6.07) is 11.5. The van der Waals surface area contributed by atoms with E-state index in [0.29, 0.717) is 16.9 Å². The molecule has 2 aromatic rings. The van der Waals surface area contributed by atoms with E-state index in [1.54, 1.807) is 36.4 Å². The highest BCUT2D eigenvalue weighted by Gasteiger charge is 2.09. The van der Waals surface area contributed by atoms with Crippen molar-refractivity contribution in [3.8, 4) is 0 Å². The van der Waals surface area contributed by atoms with Crippen molar-refractivity contribution in [3.63, 3.8) is 0 Å². The Morgan fingerprint density at radius 2 is 1.95 bits per heavy atom. The first-order valence-corrected chi connectivity index (χ1v) is 5.96. The molecule has 0 bridgehead atoms. The Kier molecular flexibility index (Phi) is 3.80. The minimum absolute atomic E-state index is 0.000905. The van der Waals surface area contributed by atoms with Crippen LogP contribution in [0.4, 0.5) is 15.8 Å². The van der Waals surface area contributed by atoms with E-state index in [1.807, 2.05) is 6.92 Å². The van der Waals surface area contributed by atoms with Gasteiger partial charge < -0.3 is 11.1 Å². The lowest BCUT2D eigenvalue weighted by Crippen LogP contribution is -2.16. The fourth-order valence-electron chi connectivity index (χ4n) is 1.80.